The molecule has 27 heavy (non-hydrogen) atoms. The molecule has 7 nitrogen and oxygen atoms in total. The Bertz CT molecular complexity index is 1070. The van der Waals surface area contributed by atoms with Gasteiger partial charge < -0.3 is 9.15 Å². The van der Waals surface area contributed by atoms with E-state index in [-0.39, 0.29) is 6.61 Å². The Morgan fingerprint density at radius 2 is 1.85 bits per heavy atom. The van der Waals surface area contributed by atoms with Crippen LogP contribution in [0.15, 0.2) is 57.7 Å². The van der Waals surface area contributed by atoms with E-state index in [1.807, 2.05) is 19.9 Å². The van der Waals surface area contributed by atoms with Crippen molar-refractivity contribution in [1.29, 1.82) is 0 Å². The van der Waals surface area contributed by atoms with Gasteiger partial charge in [-0.1, -0.05) is 17.7 Å². The average molecular weight is 366 g/mol. The molecule has 2 N–H and O–H groups in total. The van der Waals surface area contributed by atoms with Crippen LogP contribution in [0.4, 0.5) is 0 Å². The summed E-state index contributed by atoms with van der Waals surface area (Å²) in [6.07, 6.45) is 0. The topological polar surface area (TPSA) is 97.6 Å². The van der Waals surface area contributed by atoms with Crippen molar-refractivity contribution in [1.82, 2.24) is 10.9 Å². The summed E-state index contributed by atoms with van der Waals surface area (Å²) in [5, 5.41) is 0.789. The normalized spacial score (nSPS) is 10.4. The van der Waals surface area contributed by atoms with Crippen molar-refractivity contribution in [3.05, 3.63) is 75.6 Å². The minimum atomic E-state index is -0.526. The molecule has 0 unspecified atom stereocenters. The summed E-state index contributed by atoms with van der Waals surface area (Å²) in [6.45, 7) is 3.37. The third-order valence-corrected chi connectivity index (χ3v) is 3.89. The molecule has 0 fully saturated rings. The molecule has 0 aliphatic rings. The highest BCUT2D eigenvalue weighted by atomic mass is 16.5. The standard InChI is InChI=1S/C20H18N2O5/c1-12-4-3-5-14(8-12)20(25)22-21-18(23)11-26-15-6-7-16-13(2)9-19(24)27-17(16)10-15/h3-10H,11H2,1-2H3,(H,21,23)(H,22,25). The SMILES string of the molecule is Cc1cccc(C(=O)NNC(=O)COc2ccc3c(C)cc(=O)oc3c2)c1. The quantitative estimate of drug-likeness (QED) is 0.545. The van der Waals surface area contributed by atoms with Gasteiger partial charge in [-0.25, -0.2) is 4.79 Å². The predicted molar refractivity (Wildman–Crippen MR) is 99.5 cm³/mol. The minimum absolute atomic E-state index is 0.310. The smallest absolute Gasteiger partial charge is 0.336 e. The van der Waals surface area contributed by atoms with Crippen LogP contribution in [0.2, 0.25) is 0 Å². The fourth-order valence-corrected chi connectivity index (χ4v) is 2.56. The molecule has 0 spiro atoms. The second-order valence-electron chi connectivity index (χ2n) is 6.07. The number of hydrogen-bond donors (Lipinski definition) is 2. The fourth-order valence-electron chi connectivity index (χ4n) is 2.56. The van der Waals surface area contributed by atoms with Crippen LogP contribution in [0.3, 0.4) is 0 Å². The number of rotatable bonds is 4. The minimum Gasteiger partial charge on any atom is -0.484 e. The van der Waals surface area contributed by atoms with Gasteiger partial charge in [0, 0.05) is 23.1 Å². The Labute approximate surface area is 154 Å². The number of benzene rings is 2. The van der Waals surface area contributed by atoms with Gasteiger partial charge in [0.1, 0.15) is 11.3 Å². The number of hydrazine groups is 1. The number of aryl methyl sites for hydroxylation is 2. The molecule has 2 amide bonds. The first kappa shape index (κ1) is 18.2. The van der Waals surface area contributed by atoms with Gasteiger partial charge in [-0.15, -0.1) is 0 Å². The maximum absolute atomic E-state index is 12.0. The van der Waals surface area contributed by atoms with Crippen LogP contribution in [0.5, 0.6) is 5.75 Å². The molecule has 1 heterocycles. The lowest BCUT2D eigenvalue weighted by Gasteiger charge is -2.10. The number of amides is 2. The summed E-state index contributed by atoms with van der Waals surface area (Å²) >= 11 is 0. The number of fused-ring (bicyclic) bond motifs is 1. The molecule has 3 rings (SSSR count). The van der Waals surface area contributed by atoms with Gasteiger partial charge in [0.2, 0.25) is 0 Å². The molecule has 0 saturated carbocycles. The van der Waals surface area contributed by atoms with E-state index >= 15 is 0 Å². The number of hydrogen-bond acceptors (Lipinski definition) is 5. The zero-order valence-corrected chi connectivity index (χ0v) is 14.9. The van der Waals surface area contributed by atoms with Crippen molar-refractivity contribution in [2.45, 2.75) is 13.8 Å². The van der Waals surface area contributed by atoms with Gasteiger partial charge in [0.25, 0.3) is 11.8 Å². The van der Waals surface area contributed by atoms with Crippen molar-refractivity contribution in [3.63, 3.8) is 0 Å². The van der Waals surface area contributed by atoms with Crippen LogP contribution in [0, 0.1) is 13.8 Å². The van der Waals surface area contributed by atoms with Crippen molar-refractivity contribution < 1.29 is 18.7 Å². The van der Waals surface area contributed by atoms with Crippen LogP contribution in [-0.2, 0) is 4.79 Å². The summed E-state index contributed by atoms with van der Waals surface area (Å²) in [7, 11) is 0. The van der Waals surface area contributed by atoms with Crippen LogP contribution < -0.4 is 21.2 Å². The van der Waals surface area contributed by atoms with E-state index < -0.39 is 17.4 Å². The lowest BCUT2D eigenvalue weighted by molar-refractivity contribution is -0.123. The number of nitrogens with one attached hydrogen (secondary N) is 2. The first-order valence-electron chi connectivity index (χ1n) is 8.25. The van der Waals surface area contributed by atoms with E-state index in [1.165, 1.54) is 6.07 Å². The summed E-state index contributed by atoms with van der Waals surface area (Å²) < 4.78 is 10.5. The third-order valence-electron chi connectivity index (χ3n) is 3.89. The van der Waals surface area contributed by atoms with Crippen LogP contribution >= 0.6 is 0 Å². The van der Waals surface area contributed by atoms with E-state index in [1.54, 1.807) is 36.4 Å². The van der Waals surface area contributed by atoms with Crippen LogP contribution in [-0.4, -0.2) is 18.4 Å². The molecule has 3 aromatic rings. The Morgan fingerprint density at radius 1 is 1.04 bits per heavy atom. The second-order valence-corrected chi connectivity index (χ2v) is 6.07. The van der Waals surface area contributed by atoms with Crippen LogP contribution in [0.1, 0.15) is 21.5 Å². The van der Waals surface area contributed by atoms with Crippen molar-refractivity contribution in [2.24, 2.45) is 0 Å². The third kappa shape index (κ3) is 4.52. The number of carbonyl (C=O) groups is 2. The maximum Gasteiger partial charge on any atom is 0.336 e. The van der Waals surface area contributed by atoms with Gasteiger partial charge in [0.05, 0.1) is 0 Å². The van der Waals surface area contributed by atoms with Crippen molar-refractivity contribution in [3.8, 4) is 5.75 Å². The zero-order valence-electron chi connectivity index (χ0n) is 14.9. The van der Waals surface area contributed by atoms with E-state index in [9.17, 15) is 14.4 Å². The molecule has 0 aliphatic heterocycles. The molecular weight excluding hydrogens is 348 g/mol. The highest BCUT2D eigenvalue weighted by molar-refractivity contribution is 5.95. The predicted octanol–water partition coefficient (Wildman–Crippen LogP) is 2.25. The van der Waals surface area contributed by atoms with E-state index in [0.717, 1.165) is 16.5 Å². The van der Waals surface area contributed by atoms with Crippen molar-refractivity contribution in [2.75, 3.05) is 6.61 Å². The van der Waals surface area contributed by atoms with Gasteiger partial charge in [-0.3, -0.25) is 20.4 Å². The lowest BCUT2D eigenvalue weighted by atomic mass is 10.1. The summed E-state index contributed by atoms with van der Waals surface area (Å²) in [6, 6.07) is 13.4. The average Bonchev–Trinajstić information content (AvgIpc) is 2.64. The molecule has 0 bridgehead atoms. The summed E-state index contributed by atoms with van der Waals surface area (Å²) in [5.41, 5.74) is 6.72. The Morgan fingerprint density at radius 3 is 2.63 bits per heavy atom. The molecule has 0 radical (unpaired) electrons. The van der Waals surface area contributed by atoms with Gasteiger partial charge in [0.15, 0.2) is 6.61 Å². The Balaban J connectivity index is 1.57. The van der Waals surface area contributed by atoms with E-state index in [2.05, 4.69) is 10.9 Å². The molecule has 138 valence electrons. The molecule has 1 aromatic heterocycles. The molecule has 0 aliphatic carbocycles. The van der Waals surface area contributed by atoms with Crippen LogP contribution in [0.25, 0.3) is 11.0 Å². The van der Waals surface area contributed by atoms with Gasteiger partial charge in [-0.2, -0.15) is 0 Å². The summed E-state index contributed by atoms with van der Waals surface area (Å²) in [4.78, 5) is 35.3. The maximum atomic E-state index is 12.0. The van der Waals surface area contributed by atoms with Gasteiger partial charge in [-0.05, 0) is 43.7 Å². The second kappa shape index (κ2) is 7.74. The van der Waals surface area contributed by atoms with E-state index in [4.69, 9.17) is 9.15 Å². The number of carbonyl (C=O) groups excluding carboxylic acids is 2. The molecule has 2 aromatic carbocycles. The first-order valence-corrected chi connectivity index (χ1v) is 8.25. The number of ether oxygens (including phenoxy) is 1. The zero-order chi connectivity index (χ0) is 19.4. The lowest BCUT2D eigenvalue weighted by Crippen LogP contribution is -2.43. The molecular formula is C20H18N2O5. The highest BCUT2D eigenvalue weighted by Gasteiger charge is 2.09. The summed E-state index contributed by atoms with van der Waals surface area (Å²) in [5.74, 6) is -0.576. The Hall–Kier alpha value is -3.61. The first-order chi connectivity index (χ1) is 12.9. The van der Waals surface area contributed by atoms with E-state index in [0.29, 0.717) is 16.9 Å². The fraction of sp³-hybridized carbons (Fsp3) is 0.150. The van der Waals surface area contributed by atoms with Crippen molar-refractivity contribution >= 4 is 22.8 Å². The molecule has 0 saturated heterocycles. The molecule has 7 heteroatoms. The highest BCUT2D eigenvalue weighted by Crippen LogP contribution is 2.22. The Kier molecular flexibility index (Phi) is 5.21. The monoisotopic (exact) mass is 366 g/mol. The largest absolute Gasteiger partial charge is 0.484 e. The van der Waals surface area contributed by atoms with Gasteiger partial charge >= 0.3 is 5.63 Å². The molecule has 0 atom stereocenters.